The van der Waals surface area contributed by atoms with E-state index in [2.05, 4.69) is 33.0 Å². The maximum atomic E-state index is 6.06. The second-order valence-corrected chi connectivity index (χ2v) is 6.06. The van der Waals surface area contributed by atoms with Gasteiger partial charge in [-0.1, -0.05) is 40.5 Å². The maximum Gasteiger partial charge on any atom is 0.0833 e. The number of ether oxygens (including phenoxy) is 1. The number of hydrogen-bond donors (Lipinski definition) is 1. The predicted molar refractivity (Wildman–Crippen MR) is 78.9 cm³/mol. The van der Waals surface area contributed by atoms with Crippen molar-refractivity contribution in [2.45, 2.75) is 77.9 Å². The normalized spacial score (nSPS) is 30.7. The van der Waals surface area contributed by atoms with E-state index < -0.39 is 0 Å². The molecule has 1 saturated carbocycles. The van der Waals surface area contributed by atoms with Crippen molar-refractivity contribution in [3.63, 3.8) is 0 Å². The first kappa shape index (κ1) is 16.0. The van der Waals surface area contributed by atoms with Crippen LogP contribution in [-0.4, -0.2) is 25.3 Å². The molecule has 1 rings (SSSR count). The lowest BCUT2D eigenvalue weighted by Crippen LogP contribution is -2.57. The molecule has 1 aliphatic rings. The van der Waals surface area contributed by atoms with Gasteiger partial charge in [0.1, 0.15) is 0 Å². The summed E-state index contributed by atoms with van der Waals surface area (Å²) in [5.41, 5.74) is 0.0825. The molecule has 0 heterocycles. The highest BCUT2D eigenvalue weighted by atomic mass is 16.5. The van der Waals surface area contributed by atoms with E-state index in [1.165, 1.54) is 38.5 Å². The van der Waals surface area contributed by atoms with Crippen molar-refractivity contribution < 1.29 is 4.74 Å². The highest BCUT2D eigenvalue weighted by Crippen LogP contribution is 2.40. The van der Waals surface area contributed by atoms with Gasteiger partial charge in [0, 0.05) is 13.2 Å². The molecule has 0 spiro atoms. The molecule has 1 aliphatic carbocycles. The van der Waals surface area contributed by atoms with Crippen molar-refractivity contribution in [1.82, 2.24) is 5.32 Å². The van der Waals surface area contributed by atoms with Crippen LogP contribution in [0.1, 0.15) is 66.2 Å². The summed E-state index contributed by atoms with van der Waals surface area (Å²) in [4.78, 5) is 0. The van der Waals surface area contributed by atoms with E-state index in [1.807, 2.05) is 7.11 Å². The van der Waals surface area contributed by atoms with Gasteiger partial charge >= 0.3 is 0 Å². The van der Waals surface area contributed by atoms with Crippen molar-refractivity contribution in [2.24, 2.45) is 11.8 Å². The Kier molecular flexibility index (Phi) is 6.65. The first-order valence-electron chi connectivity index (χ1n) is 7.92. The Labute approximate surface area is 114 Å². The Morgan fingerprint density at radius 2 is 1.72 bits per heavy atom. The molecule has 0 aromatic carbocycles. The third kappa shape index (κ3) is 3.48. The average molecular weight is 255 g/mol. The Morgan fingerprint density at radius 3 is 2.11 bits per heavy atom. The molecule has 18 heavy (non-hydrogen) atoms. The van der Waals surface area contributed by atoms with E-state index in [-0.39, 0.29) is 5.60 Å². The van der Waals surface area contributed by atoms with Crippen molar-refractivity contribution in [3.8, 4) is 0 Å². The van der Waals surface area contributed by atoms with Crippen molar-refractivity contribution >= 4 is 0 Å². The molecular weight excluding hydrogens is 222 g/mol. The third-order valence-corrected chi connectivity index (χ3v) is 5.04. The standard InChI is InChI=1S/C16H33NO/c1-6-14(7-2)15(17-8-3)16(18-5)11-9-13(4)10-12-16/h13-15,17H,6-12H2,1-5H3. The molecule has 1 fully saturated rings. The van der Waals surface area contributed by atoms with E-state index in [1.54, 1.807) is 0 Å². The van der Waals surface area contributed by atoms with Gasteiger partial charge in [-0.25, -0.2) is 0 Å². The molecule has 0 amide bonds. The van der Waals surface area contributed by atoms with Crippen molar-refractivity contribution in [1.29, 1.82) is 0 Å². The van der Waals surface area contributed by atoms with E-state index in [0.717, 1.165) is 18.4 Å². The van der Waals surface area contributed by atoms with Crippen molar-refractivity contribution in [2.75, 3.05) is 13.7 Å². The molecule has 1 atom stereocenters. The lowest BCUT2D eigenvalue weighted by molar-refractivity contribution is -0.0888. The predicted octanol–water partition coefficient (Wildman–Crippen LogP) is 4.00. The Balaban J connectivity index is 2.85. The van der Waals surface area contributed by atoms with Crippen LogP contribution in [0.2, 0.25) is 0 Å². The minimum absolute atomic E-state index is 0.0825. The van der Waals surface area contributed by atoms with Crippen LogP contribution in [0.5, 0.6) is 0 Å². The second-order valence-electron chi connectivity index (χ2n) is 6.06. The Bertz CT molecular complexity index is 217. The maximum absolute atomic E-state index is 6.06. The lowest BCUT2D eigenvalue weighted by atomic mass is 9.70. The fraction of sp³-hybridized carbons (Fsp3) is 1.00. The van der Waals surface area contributed by atoms with Crippen LogP contribution in [0.15, 0.2) is 0 Å². The first-order chi connectivity index (χ1) is 8.63. The topological polar surface area (TPSA) is 21.3 Å². The SMILES string of the molecule is CCNC(C(CC)CC)C1(OC)CCC(C)CC1. The van der Waals surface area contributed by atoms with E-state index in [4.69, 9.17) is 4.74 Å². The summed E-state index contributed by atoms with van der Waals surface area (Å²) in [5.74, 6) is 1.61. The zero-order valence-electron chi connectivity index (χ0n) is 13.1. The largest absolute Gasteiger partial charge is 0.377 e. The quantitative estimate of drug-likeness (QED) is 0.742. The van der Waals surface area contributed by atoms with E-state index in [9.17, 15) is 0 Å². The number of nitrogens with one attached hydrogen (secondary N) is 1. The molecule has 0 aromatic heterocycles. The van der Waals surface area contributed by atoms with Gasteiger partial charge in [0.2, 0.25) is 0 Å². The summed E-state index contributed by atoms with van der Waals surface area (Å²) >= 11 is 0. The minimum Gasteiger partial charge on any atom is -0.377 e. The van der Waals surface area contributed by atoms with Gasteiger partial charge in [-0.2, -0.15) is 0 Å². The molecule has 0 radical (unpaired) electrons. The molecule has 1 unspecified atom stereocenters. The van der Waals surface area contributed by atoms with Crippen LogP contribution in [-0.2, 0) is 4.74 Å². The van der Waals surface area contributed by atoms with Gasteiger partial charge < -0.3 is 10.1 Å². The second kappa shape index (κ2) is 7.49. The zero-order chi connectivity index (χ0) is 13.6. The van der Waals surface area contributed by atoms with Crippen LogP contribution >= 0.6 is 0 Å². The number of methoxy groups -OCH3 is 1. The molecule has 2 nitrogen and oxygen atoms in total. The van der Waals surface area contributed by atoms with Gasteiger partial charge in [-0.15, -0.1) is 0 Å². The summed E-state index contributed by atoms with van der Waals surface area (Å²) in [6, 6.07) is 0.523. The fourth-order valence-electron chi connectivity index (χ4n) is 3.66. The minimum atomic E-state index is 0.0825. The van der Waals surface area contributed by atoms with Gasteiger partial charge in [0.25, 0.3) is 0 Å². The van der Waals surface area contributed by atoms with Crippen molar-refractivity contribution in [3.05, 3.63) is 0 Å². The summed E-state index contributed by atoms with van der Waals surface area (Å²) < 4.78 is 6.06. The first-order valence-corrected chi connectivity index (χ1v) is 7.92. The van der Waals surface area contributed by atoms with Crippen LogP contribution in [0.3, 0.4) is 0 Å². The Hall–Kier alpha value is -0.0800. The average Bonchev–Trinajstić information content (AvgIpc) is 2.41. The number of likely N-dealkylation sites (N-methyl/N-ethyl adjacent to an activating group) is 1. The molecule has 2 heteroatoms. The van der Waals surface area contributed by atoms with Crippen LogP contribution in [0.4, 0.5) is 0 Å². The zero-order valence-corrected chi connectivity index (χ0v) is 13.1. The number of rotatable bonds is 7. The monoisotopic (exact) mass is 255 g/mol. The third-order valence-electron chi connectivity index (χ3n) is 5.04. The summed E-state index contributed by atoms with van der Waals surface area (Å²) in [6.07, 6.45) is 7.56. The van der Waals surface area contributed by atoms with Gasteiger partial charge in [0.05, 0.1) is 5.60 Å². The molecule has 0 aliphatic heterocycles. The molecular formula is C16H33NO. The number of hydrogen-bond acceptors (Lipinski definition) is 2. The Morgan fingerprint density at radius 1 is 1.17 bits per heavy atom. The highest BCUT2D eigenvalue weighted by molar-refractivity contribution is 4.98. The van der Waals surface area contributed by atoms with Gasteiger partial charge in [-0.3, -0.25) is 0 Å². The van der Waals surface area contributed by atoms with Gasteiger partial charge in [0.15, 0.2) is 0 Å². The summed E-state index contributed by atoms with van der Waals surface area (Å²) in [7, 11) is 1.92. The fourth-order valence-corrected chi connectivity index (χ4v) is 3.66. The lowest BCUT2D eigenvalue weighted by Gasteiger charge is -2.47. The molecule has 1 N–H and O–H groups in total. The highest BCUT2D eigenvalue weighted by Gasteiger charge is 2.43. The van der Waals surface area contributed by atoms with Crippen LogP contribution in [0.25, 0.3) is 0 Å². The van der Waals surface area contributed by atoms with Crippen LogP contribution < -0.4 is 5.32 Å². The van der Waals surface area contributed by atoms with Crippen LogP contribution in [0, 0.1) is 11.8 Å². The summed E-state index contributed by atoms with van der Waals surface area (Å²) in [5, 5.41) is 3.74. The smallest absolute Gasteiger partial charge is 0.0833 e. The molecule has 108 valence electrons. The molecule has 0 bridgehead atoms. The van der Waals surface area contributed by atoms with E-state index >= 15 is 0 Å². The van der Waals surface area contributed by atoms with E-state index in [0.29, 0.717) is 6.04 Å². The molecule has 0 saturated heterocycles. The summed E-state index contributed by atoms with van der Waals surface area (Å²) in [6.45, 7) is 10.3. The molecule has 0 aromatic rings. The van der Waals surface area contributed by atoms with Gasteiger partial charge in [-0.05, 0) is 44.1 Å².